The molecule has 2 N–H and O–H groups in total. The third-order valence-corrected chi connectivity index (χ3v) is 4.19. The predicted octanol–water partition coefficient (Wildman–Crippen LogP) is 0.971. The lowest BCUT2D eigenvalue weighted by Crippen LogP contribution is -2.36. The Balaban J connectivity index is 1.71. The van der Waals surface area contributed by atoms with Crippen LogP contribution in [0.3, 0.4) is 0 Å². The summed E-state index contributed by atoms with van der Waals surface area (Å²) in [6.45, 7) is 2.61. The van der Waals surface area contributed by atoms with Gasteiger partial charge in [0.2, 0.25) is 0 Å². The second kappa shape index (κ2) is 5.33. The fourth-order valence-corrected chi connectivity index (χ4v) is 2.76. The molecule has 1 aromatic heterocycles. The first kappa shape index (κ1) is 12.7. The van der Waals surface area contributed by atoms with Crippen molar-refractivity contribution in [3.63, 3.8) is 0 Å². The normalized spacial score (nSPS) is 21.4. The monoisotopic (exact) mass is 262 g/mol. The summed E-state index contributed by atoms with van der Waals surface area (Å²) in [6.07, 6.45) is 7.90. The number of anilines is 1. The average Bonchev–Trinajstić information content (AvgIpc) is 3.26. The Morgan fingerprint density at radius 2 is 2.05 bits per heavy atom. The predicted molar refractivity (Wildman–Crippen MR) is 75.3 cm³/mol. The summed E-state index contributed by atoms with van der Waals surface area (Å²) in [6, 6.07) is 1.78. The molecule has 0 bridgehead atoms. The molecular formula is C14H22N4O. The molecule has 1 aromatic rings. The number of hydrogen-bond donors (Lipinski definition) is 1. The second-order valence-electron chi connectivity index (χ2n) is 5.78. The maximum absolute atomic E-state index is 12.1. The van der Waals surface area contributed by atoms with Gasteiger partial charge in [-0.15, -0.1) is 0 Å². The largest absolute Gasteiger partial charge is 0.370 e. The van der Waals surface area contributed by atoms with Gasteiger partial charge in [-0.2, -0.15) is 5.10 Å². The van der Waals surface area contributed by atoms with Gasteiger partial charge < -0.3 is 10.6 Å². The van der Waals surface area contributed by atoms with Gasteiger partial charge in [-0.25, -0.2) is 4.68 Å². The Morgan fingerprint density at radius 1 is 1.32 bits per heavy atom. The van der Waals surface area contributed by atoms with Gasteiger partial charge in [0.05, 0.1) is 18.4 Å². The number of hydrogen-bond acceptors (Lipinski definition) is 4. The molecule has 0 spiro atoms. The highest BCUT2D eigenvalue weighted by molar-refractivity contribution is 5.43. The van der Waals surface area contributed by atoms with E-state index in [0.717, 1.165) is 18.8 Å². The number of piperidine rings is 1. The van der Waals surface area contributed by atoms with Crippen molar-refractivity contribution in [3.8, 4) is 0 Å². The third kappa shape index (κ3) is 2.97. The first-order chi connectivity index (χ1) is 9.24. The lowest BCUT2D eigenvalue weighted by molar-refractivity contribution is 0.454. The van der Waals surface area contributed by atoms with E-state index in [1.807, 2.05) is 6.20 Å². The number of aromatic nitrogens is 2. The topological polar surface area (TPSA) is 64.2 Å². The lowest BCUT2D eigenvalue weighted by Gasteiger charge is -2.28. The Bertz CT molecular complexity index is 488. The SMILES string of the molecule is NC(Cn1ncc(N2CCCCC2)cc1=O)C1CC1. The number of nitrogens with two attached hydrogens (primary N) is 1. The van der Waals surface area contributed by atoms with Crippen LogP contribution >= 0.6 is 0 Å². The van der Waals surface area contributed by atoms with E-state index in [4.69, 9.17) is 5.73 Å². The van der Waals surface area contributed by atoms with Crippen LogP contribution in [0.2, 0.25) is 0 Å². The third-order valence-electron chi connectivity index (χ3n) is 4.19. The van der Waals surface area contributed by atoms with Crippen LogP contribution in [0.4, 0.5) is 5.69 Å². The van der Waals surface area contributed by atoms with Crippen molar-refractivity contribution in [1.82, 2.24) is 9.78 Å². The molecule has 1 saturated carbocycles. The summed E-state index contributed by atoms with van der Waals surface area (Å²) in [5.74, 6) is 0.593. The molecule has 2 heterocycles. The molecule has 0 amide bonds. The summed E-state index contributed by atoms with van der Waals surface area (Å²) in [4.78, 5) is 14.3. The molecular weight excluding hydrogens is 240 g/mol. The average molecular weight is 262 g/mol. The van der Waals surface area contributed by atoms with Gasteiger partial charge in [-0.05, 0) is 38.0 Å². The molecule has 2 fully saturated rings. The van der Waals surface area contributed by atoms with Crippen molar-refractivity contribution in [2.24, 2.45) is 11.7 Å². The van der Waals surface area contributed by atoms with Crippen molar-refractivity contribution in [1.29, 1.82) is 0 Å². The first-order valence-electron chi connectivity index (χ1n) is 7.32. The van der Waals surface area contributed by atoms with E-state index >= 15 is 0 Å². The summed E-state index contributed by atoms with van der Waals surface area (Å²) in [7, 11) is 0. The zero-order valence-corrected chi connectivity index (χ0v) is 11.3. The van der Waals surface area contributed by atoms with E-state index in [-0.39, 0.29) is 11.6 Å². The molecule has 19 heavy (non-hydrogen) atoms. The van der Waals surface area contributed by atoms with Gasteiger partial charge >= 0.3 is 0 Å². The van der Waals surface area contributed by atoms with Crippen molar-refractivity contribution in [2.75, 3.05) is 18.0 Å². The highest BCUT2D eigenvalue weighted by atomic mass is 16.1. The number of rotatable bonds is 4. The van der Waals surface area contributed by atoms with Crippen LogP contribution in [0.15, 0.2) is 17.1 Å². The van der Waals surface area contributed by atoms with Crippen molar-refractivity contribution < 1.29 is 0 Å². The van der Waals surface area contributed by atoms with Crippen molar-refractivity contribution in [3.05, 3.63) is 22.6 Å². The van der Waals surface area contributed by atoms with Crippen LogP contribution in [-0.4, -0.2) is 28.9 Å². The summed E-state index contributed by atoms with van der Waals surface area (Å²) in [5.41, 5.74) is 6.98. The zero-order valence-electron chi connectivity index (χ0n) is 11.3. The van der Waals surface area contributed by atoms with Crippen LogP contribution in [0.25, 0.3) is 0 Å². The van der Waals surface area contributed by atoms with E-state index in [0.29, 0.717) is 12.5 Å². The Labute approximate surface area is 113 Å². The van der Waals surface area contributed by atoms with Crippen LogP contribution in [0, 0.1) is 5.92 Å². The molecule has 1 aliphatic heterocycles. The van der Waals surface area contributed by atoms with Crippen molar-refractivity contribution in [2.45, 2.75) is 44.7 Å². The van der Waals surface area contributed by atoms with Gasteiger partial charge in [0.25, 0.3) is 5.56 Å². The first-order valence-corrected chi connectivity index (χ1v) is 7.32. The Morgan fingerprint density at radius 3 is 2.68 bits per heavy atom. The quantitative estimate of drug-likeness (QED) is 0.878. The molecule has 1 unspecified atom stereocenters. The van der Waals surface area contributed by atoms with Crippen LogP contribution in [0.5, 0.6) is 0 Å². The minimum Gasteiger partial charge on any atom is -0.370 e. The van der Waals surface area contributed by atoms with Crippen molar-refractivity contribution >= 4 is 5.69 Å². The molecule has 1 atom stereocenters. The Hall–Kier alpha value is -1.36. The fourth-order valence-electron chi connectivity index (χ4n) is 2.76. The van der Waals surface area contributed by atoms with Gasteiger partial charge in [0.15, 0.2) is 0 Å². The number of nitrogens with zero attached hydrogens (tertiary/aromatic N) is 3. The van der Waals surface area contributed by atoms with Gasteiger partial charge in [0, 0.05) is 25.2 Å². The summed E-state index contributed by atoms with van der Waals surface area (Å²) in [5, 5.41) is 4.29. The van der Waals surface area contributed by atoms with Crippen LogP contribution in [0.1, 0.15) is 32.1 Å². The van der Waals surface area contributed by atoms with Gasteiger partial charge in [-0.1, -0.05) is 0 Å². The Kier molecular flexibility index (Phi) is 3.55. The highest BCUT2D eigenvalue weighted by Crippen LogP contribution is 2.31. The molecule has 0 radical (unpaired) electrons. The maximum atomic E-state index is 12.1. The fraction of sp³-hybridized carbons (Fsp3) is 0.714. The van der Waals surface area contributed by atoms with E-state index in [9.17, 15) is 4.79 Å². The molecule has 0 aromatic carbocycles. The smallest absolute Gasteiger partial charge is 0.268 e. The minimum atomic E-state index is -0.0285. The zero-order chi connectivity index (χ0) is 13.2. The molecule has 1 saturated heterocycles. The van der Waals surface area contributed by atoms with Crippen LogP contribution in [-0.2, 0) is 6.54 Å². The minimum absolute atomic E-state index is 0.0285. The van der Waals surface area contributed by atoms with E-state index in [1.54, 1.807) is 6.07 Å². The van der Waals surface area contributed by atoms with E-state index in [2.05, 4.69) is 10.00 Å². The molecule has 5 heteroatoms. The standard InChI is InChI=1S/C14H22N4O/c15-13(11-4-5-11)10-18-14(19)8-12(9-16-18)17-6-2-1-3-7-17/h8-9,11,13H,1-7,10,15H2. The lowest BCUT2D eigenvalue weighted by atomic mass is 10.1. The van der Waals surface area contributed by atoms with Gasteiger partial charge in [0.1, 0.15) is 0 Å². The molecule has 104 valence electrons. The van der Waals surface area contributed by atoms with E-state index in [1.165, 1.54) is 36.8 Å². The summed E-state index contributed by atoms with van der Waals surface area (Å²) >= 11 is 0. The van der Waals surface area contributed by atoms with Gasteiger partial charge in [-0.3, -0.25) is 4.79 Å². The maximum Gasteiger partial charge on any atom is 0.268 e. The van der Waals surface area contributed by atoms with Crippen LogP contribution < -0.4 is 16.2 Å². The molecule has 1 aliphatic carbocycles. The summed E-state index contributed by atoms with van der Waals surface area (Å²) < 4.78 is 1.51. The molecule has 3 rings (SSSR count). The molecule has 5 nitrogen and oxygen atoms in total. The van der Waals surface area contributed by atoms with E-state index < -0.39 is 0 Å². The highest BCUT2D eigenvalue weighted by Gasteiger charge is 2.29. The second-order valence-corrected chi connectivity index (χ2v) is 5.78. The molecule has 2 aliphatic rings.